The quantitative estimate of drug-likeness (QED) is 0.873. The Balaban J connectivity index is 2.01. The number of anilines is 1. The molecule has 1 fully saturated rings. The smallest absolute Gasteiger partial charge is 0.307 e. The van der Waals surface area contributed by atoms with Crippen LogP contribution in [-0.4, -0.2) is 17.0 Å². The van der Waals surface area contributed by atoms with Crippen molar-refractivity contribution >= 4 is 17.6 Å². The zero-order valence-electron chi connectivity index (χ0n) is 12.6. The minimum atomic E-state index is -0.863. The number of rotatable bonds is 5. The van der Waals surface area contributed by atoms with Crippen LogP contribution in [0.5, 0.6) is 0 Å². The second-order valence-corrected chi connectivity index (χ2v) is 6.06. The summed E-state index contributed by atoms with van der Waals surface area (Å²) < 4.78 is 0. The number of carbonyl (C=O) groups excluding carboxylic acids is 1. The molecule has 1 saturated carbocycles. The van der Waals surface area contributed by atoms with Gasteiger partial charge in [0.05, 0.1) is 11.8 Å². The van der Waals surface area contributed by atoms with E-state index in [-0.39, 0.29) is 11.8 Å². The van der Waals surface area contributed by atoms with Gasteiger partial charge < -0.3 is 10.4 Å². The molecule has 0 heterocycles. The fourth-order valence-electron chi connectivity index (χ4n) is 3.13. The van der Waals surface area contributed by atoms with Crippen LogP contribution in [0.4, 0.5) is 5.69 Å². The molecule has 21 heavy (non-hydrogen) atoms. The summed E-state index contributed by atoms with van der Waals surface area (Å²) >= 11 is 0. The molecule has 4 nitrogen and oxygen atoms in total. The van der Waals surface area contributed by atoms with Crippen molar-refractivity contribution in [3.05, 3.63) is 29.8 Å². The van der Waals surface area contributed by atoms with Crippen LogP contribution >= 0.6 is 0 Å². The summed E-state index contributed by atoms with van der Waals surface area (Å²) in [4.78, 5) is 23.6. The number of carboxylic acid groups (broad SMARTS) is 1. The van der Waals surface area contributed by atoms with Crippen LogP contribution in [-0.2, 0) is 16.0 Å². The summed E-state index contributed by atoms with van der Waals surface area (Å²) in [6, 6.07) is 7.78. The first kappa shape index (κ1) is 15.5. The Morgan fingerprint density at radius 3 is 2.38 bits per heavy atom. The Hall–Kier alpha value is -1.84. The van der Waals surface area contributed by atoms with Gasteiger partial charge in [0.1, 0.15) is 0 Å². The summed E-state index contributed by atoms with van der Waals surface area (Å²) in [7, 11) is 0. The Morgan fingerprint density at radius 1 is 1.19 bits per heavy atom. The first-order valence-electron chi connectivity index (χ1n) is 7.63. The van der Waals surface area contributed by atoms with Gasteiger partial charge in [0.2, 0.25) is 5.91 Å². The molecule has 0 spiro atoms. The molecule has 2 rings (SSSR count). The van der Waals surface area contributed by atoms with E-state index in [0.717, 1.165) is 18.5 Å². The lowest BCUT2D eigenvalue weighted by atomic mass is 9.95. The van der Waals surface area contributed by atoms with Crippen molar-refractivity contribution in [2.75, 3.05) is 5.32 Å². The average Bonchev–Trinajstić information content (AvgIpc) is 2.84. The van der Waals surface area contributed by atoms with Crippen molar-refractivity contribution in [2.24, 2.45) is 17.8 Å². The molecule has 0 saturated heterocycles. The molecule has 3 atom stereocenters. The lowest BCUT2D eigenvalue weighted by Gasteiger charge is -2.15. The molecule has 0 aromatic heterocycles. The highest BCUT2D eigenvalue weighted by atomic mass is 16.4. The molecule has 0 aliphatic heterocycles. The average molecular weight is 289 g/mol. The van der Waals surface area contributed by atoms with Gasteiger partial charge in [-0.2, -0.15) is 0 Å². The molecule has 1 aromatic carbocycles. The van der Waals surface area contributed by atoms with E-state index in [1.54, 1.807) is 0 Å². The first-order chi connectivity index (χ1) is 10.0. The SMILES string of the molecule is CCCc1ccc(NC(=O)C2CC(C)CC2C(=O)O)cc1. The van der Waals surface area contributed by atoms with Crippen LogP contribution in [0.25, 0.3) is 0 Å². The number of hydrogen-bond acceptors (Lipinski definition) is 2. The van der Waals surface area contributed by atoms with Gasteiger partial charge in [-0.1, -0.05) is 32.4 Å². The molecule has 1 aliphatic carbocycles. The van der Waals surface area contributed by atoms with E-state index in [1.165, 1.54) is 5.56 Å². The van der Waals surface area contributed by atoms with Crippen LogP contribution < -0.4 is 5.32 Å². The van der Waals surface area contributed by atoms with Crippen molar-refractivity contribution in [1.82, 2.24) is 0 Å². The standard InChI is InChI=1S/C17H23NO3/c1-3-4-12-5-7-13(8-6-12)18-16(19)14-9-11(2)10-15(14)17(20)21/h5-8,11,14-15H,3-4,9-10H2,1-2H3,(H,18,19)(H,20,21). The fourth-order valence-corrected chi connectivity index (χ4v) is 3.13. The molecule has 1 aliphatic rings. The van der Waals surface area contributed by atoms with E-state index in [9.17, 15) is 14.7 Å². The maximum atomic E-state index is 12.3. The van der Waals surface area contributed by atoms with E-state index in [0.29, 0.717) is 12.8 Å². The van der Waals surface area contributed by atoms with Gasteiger partial charge in [-0.3, -0.25) is 9.59 Å². The number of carbonyl (C=O) groups is 2. The van der Waals surface area contributed by atoms with E-state index in [1.807, 2.05) is 31.2 Å². The van der Waals surface area contributed by atoms with Gasteiger partial charge in [-0.25, -0.2) is 0 Å². The molecule has 1 amide bonds. The Kier molecular flexibility index (Phi) is 4.99. The van der Waals surface area contributed by atoms with E-state index in [4.69, 9.17) is 0 Å². The van der Waals surface area contributed by atoms with Gasteiger partial charge in [-0.15, -0.1) is 0 Å². The number of benzene rings is 1. The zero-order chi connectivity index (χ0) is 15.4. The lowest BCUT2D eigenvalue weighted by Crippen LogP contribution is -2.29. The van der Waals surface area contributed by atoms with Crippen molar-refractivity contribution in [2.45, 2.75) is 39.5 Å². The first-order valence-corrected chi connectivity index (χ1v) is 7.63. The minimum absolute atomic E-state index is 0.171. The summed E-state index contributed by atoms with van der Waals surface area (Å²) in [5.74, 6) is -1.73. The largest absolute Gasteiger partial charge is 0.481 e. The summed E-state index contributed by atoms with van der Waals surface area (Å²) in [5.41, 5.74) is 1.98. The molecule has 3 unspecified atom stereocenters. The summed E-state index contributed by atoms with van der Waals surface area (Å²) in [6.07, 6.45) is 3.35. The highest BCUT2D eigenvalue weighted by Gasteiger charge is 2.41. The number of aliphatic carboxylic acids is 1. The second-order valence-electron chi connectivity index (χ2n) is 6.06. The normalized spacial score (nSPS) is 24.8. The van der Waals surface area contributed by atoms with Crippen molar-refractivity contribution in [3.8, 4) is 0 Å². The molecule has 2 N–H and O–H groups in total. The maximum Gasteiger partial charge on any atom is 0.307 e. The van der Waals surface area contributed by atoms with E-state index < -0.39 is 17.8 Å². The van der Waals surface area contributed by atoms with Crippen molar-refractivity contribution in [1.29, 1.82) is 0 Å². The Labute approximate surface area is 125 Å². The third-order valence-electron chi connectivity index (χ3n) is 4.21. The molecule has 114 valence electrons. The predicted molar refractivity (Wildman–Crippen MR) is 82.1 cm³/mol. The molecule has 0 bridgehead atoms. The second kappa shape index (κ2) is 6.74. The van der Waals surface area contributed by atoms with Crippen LogP contribution in [0.1, 0.15) is 38.7 Å². The lowest BCUT2D eigenvalue weighted by molar-refractivity contribution is -0.145. The zero-order valence-corrected chi connectivity index (χ0v) is 12.6. The summed E-state index contributed by atoms with van der Waals surface area (Å²) in [6.45, 7) is 4.13. The van der Waals surface area contributed by atoms with Gasteiger partial charge in [0.25, 0.3) is 0 Å². The van der Waals surface area contributed by atoms with E-state index in [2.05, 4.69) is 12.2 Å². The fraction of sp³-hybridized carbons (Fsp3) is 0.529. The number of aryl methyl sites for hydroxylation is 1. The van der Waals surface area contributed by atoms with Crippen LogP contribution in [0.3, 0.4) is 0 Å². The van der Waals surface area contributed by atoms with Gasteiger partial charge in [-0.05, 0) is 42.9 Å². The van der Waals surface area contributed by atoms with Crippen LogP contribution in [0, 0.1) is 17.8 Å². The number of carboxylic acids is 1. The van der Waals surface area contributed by atoms with Gasteiger partial charge >= 0.3 is 5.97 Å². The maximum absolute atomic E-state index is 12.3. The molecular formula is C17H23NO3. The molecule has 1 aromatic rings. The number of amides is 1. The Morgan fingerprint density at radius 2 is 1.81 bits per heavy atom. The summed E-state index contributed by atoms with van der Waals surface area (Å²) in [5, 5.41) is 12.1. The highest BCUT2D eigenvalue weighted by Crippen LogP contribution is 2.37. The van der Waals surface area contributed by atoms with E-state index >= 15 is 0 Å². The number of nitrogens with one attached hydrogen (secondary N) is 1. The van der Waals surface area contributed by atoms with Crippen molar-refractivity contribution < 1.29 is 14.7 Å². The third kappa shape index (κ3) is 3.84. The third-order valence-corrected chi connectivity index (χ3v) is 4.21. The molecular weight excluding hydrogens is 266 g/mol. The minimum Gasteiger partial charge on any atom is -0.481 e. The van der Waals surface area contributed by atoms with Gasteiger partial charge in [0.15, 0.2) is 0 Å². The van der Waals surface area contributed by atoms with Crippen LogP contribution in [0.2, 0.25) is 0 Å². The molecule has 0 radical (unpaired) electrons. The molecule has 4 heteroatoms. The number of hydrogen-bond donors (Lipinski definition) is 2. The monoisotopic (exact) mass is 289 g/mol. The van der Waals surface area contributed by atoms with Crippen molar-refractivity contribution in [3.63, 3.8) is 0 Å². The van der Waals surface area contributed by atoms with Gasteiger partial charge in [0, 0.05) is 5.69 Å². The Bertz CT molecular complexity index is 509. The predicted octanol–water partition coefficient (Wildman–Crippen LogP) is 3.32. The topological polar surface area (TPSA) is 66.4 Å². The van der Waals surface area contributed by atoms with Crippen LogP contribution in [0.15, 0.2) is 24.3 Å². The highest BCUT2D eigenvalue weighted by molar-refractivity contribution is 5.95.